The van der Waals surface area contributed by atoms with E-state index in [1.54, 1.807) is 6.92 Å². The lowest BCUT2D eigenvalue weighted by Gasteiger charge is -2.13. The molecule has 1 atom stereocenters. The maximum atomic E-state index is 12.7. The first-order chi connectivity index (χ1) is 8.36. The molecule has 1 aromatic rings. The highest BCUT2D eigenvalue weighted by atomic mass is 19.4. The van der Waals surface area contributed by atoms with Crippen LogP contribution in [-0.4, -0.2) is 24.5 Å². The molecule has 0 spiro atoms. The second-order valence-corrected chi connectivity index (χ2v) is 4.11. The number of Topliss-reactive ketones (excluding diaryl/α,β-unsaturated/α-hetero) is 1. The molecule has 0 aliphatic rings. The van der Waals surface area contributed by atoms with Gasteiger partial charge in [-0.25, -0.2) is 0 Å². The Morgan fingerprint density at radius 1 is 1.50 bits per heavy atom. The van der Waals surface area contributed by atoms with Crippen LogP contribution < -0.4 is 0 Å². The Bertz CT molecular complexity index is 418. The van der Waals surface area contributed by atoms with Crippen LogP contribution in [0.3, 0.4) is 0 Å². The summed E-state index contributed by atoms with van der Waals surface area (Å²) in [6.07, 6.45) is -2.55. The number of halogens is 3. The van der Waals surface area contributed by atoms with Crippen molar-refractivity contribution in [3.63, 3.8) is 0 Å². The van der Waals surface area contributed by atoms with Crippen molar-refractivity contribution < 1.29 is 22.7 Å². The number of hydrogen-bond acceptors (Lipinski definition) is 3. The Morgan fingerprint density at radius 3 is 2.72 bits per heavy atom. The Kier molecular flexibility index (Phi) is 4.84. The number of aromatic nitrogens is 1. The quantitative estimate of drug-likeness (QED) is 0.765. The number of ether oxygens (including phenoxy) is 1. The van der Waals surface area contributed by atoms with Crippen LogP contribution in [0.2, 0.25) is 0 Å². The third-order valence-corrected chi connectivity index (χ3v) is 2.41. The van der Waals surface area contributed by atoms with Crippen molar-refractivity contribution in [1.82, 2.24) is 4.98 Å². The second kappa shape index (κ2) is 5.95. The van der Waals surface area contributed by atoms with Gasteiger partial charge in [0.25, 0.3) is 0 Å². The standard InChI is InChI=1S/C12H14F3NO2/c1-8(7-18-2)5-11(17)9-6-16-4-3-10(9)12(13,14)15/h3-4,6,8H,5,7H2,1-2H3. The van der Waals surface area contributed by atoms with E-state index < -0.39 is 17.5 Å². The van der Waals surface area contributed by atoms with Gasteiger partial charge in [0.1, 0.15) is 0 Å². The van der Waals surface area contributed by atoms with Crippen LogP contribution in [-0.2, 0) is 10.9 Å². The summed E-state index contributed by atoms with van der Waals surface area (Å²) in [5.74, 6) is -0.705. The van der Waals surface area contributed by atoms with Crippen molar-refractivity contribution in [2.24, 2.45) is 5.92 Å². The van der Waals surface area contributed by atoms with Gasteiger partial charge in [-0.15, -0.1) is 0 Å². The monoisotopic (exact) mass is 261 g/mol. The lowest BCUT2D eigenvalue weighted by molar-refractivity contribution is -0.138. The molecule has 1 heterocycles. The van der Waals surface area contributed by atoms with Crippen LogP contribution in [0.15, 0.2) is 18.5 Å². The number of pyridine rings is 1. The molecule has 3 nitrogen and oxygen atoms in total. The molecule has 1 aromatic heterocycles. The zero-order valence-corrected chi connectivity index (χ0v) is 10.1. The molecule has 1 unspecified atom stereocenters. The van der Waals surface area contributed by atoms with E-state index in [9.17, 15) is 18.0 Å². The highest BCUT2D eigenvalue weighted by Gasteiger charge is 2.35. The molecule has 6 heteroatoms. The molecule has 1 rings (SSSR count). The number of carbonyl (C=O) groups is 1. The van der Waals surface area contributed by atoms with Crippen molar-refractivity contribution in [3.8, 4) is 0 Å². The molecule has 100 valence electrons. The van der Waals surface area contributed by atoms with Crippen LogP contribution in [0.4, 0.5) is 13.2 Å². The summed E-state index contributed by atoms with van der Waals surface area (Å²) < 4.78 is 42.9. The second-order valence-electron chi connectivity index (χ2n) is 4.11. The predicted molar refractivity (Wildman–Crippen MR) is 59.2 cm³/mol. The van der Waals surface area contributed by atoms with E-state index in [0.29, 0.717) is 6.61 Å². The predicted octanol–water partition coefficient (Wildman–Crippen LogP) is 2.96. The van der Waals surface area contributed by atoms with Gasteiger partial charge in [0.05, 0.1) is 5.56 Å². The molecule has 0 aromatic carbocycles. The van der Waals surface area contributed by atoms with E-state index >= 15 is 0 Å². The first-order valence-electron chi connectivity index (χ1n) is 5.39. The molecule has 0 N–H and O–H groups in total. The lowest BCUT2D eigenvalue weighted by Crippen LogP contribution is -2.16. The number of rotatable bonds is 5. The molecule has 0 radical (unpaired) electrons. The number of alkyl halides is 3. The van der Waals surface area contributed by atoms with Gasteiger partial charge in [-0.2, -0.15) is 13.2 Å². The Hall–Kier alpha value is -1.43. The SMILES string of the molecule is COCC(C)CC(=O)c1cnccc1C(F)(F)F. The summed E-state index contributed by atoms with van der Waals surface area (Å²) in [4.78, 5) is 15.4. The Morgan fingerprint density at radius 2 is 2.17 bits per heavy atom. The number of methoxy groups -OCH3 is 1. The third kappa shape index (κ3) is 3.80. The van der Waals surface area contributed by atoms with Crippen molar-refractivity contribution in [2.75, 3.05) is 13.7 Å². The van der Waals surface area contributed by atoms with E-state index in [-0.39, 0.29) is 17.9 Å². The van der Waals surface area contributed by atoms with Gasteiger partial charge in [-0.1, -0.05) is 6.92 Å². The number of nitrogens with zero attached hydrogens (tertiary/aromatic N) is 1. The third-order valence-electron chi connectivity index (χ3n) is 2.41. The molecule has 0 saturated heterocycles. The summed E-state index contributed by atoms with van der Waals surface area (Å²) in [5.41, 5.74) is -1.32. The van der Waals surface area contributed by atoms with Gasteiger partial charge in [-0.3, -0.25) is 9.78 Å². The summed E-state index contributed by atoms with van der Waals surface area (Å²) >= 11 is 0. The van der Waals surface area contributed by atoms with Gasteiger partial charge in [0, 0.05) is 38.1 Å². The fourth-order valence-corrected chi connectivity index (χ4v) is 1.63. The van der Waals surface area contributed by atoms with Crippen molar-refractivity contribution in [3.05, 3.63) is 29.6 Å². The Balaban J connectivity index is 2.93. The van der Waals surface area contributed by atoms with Crippen LogP contribution in [0.1, 0.15) is 29.3 Å². The molecule has 18 heavy (non-hydrogen) atoms. The molecule has 0 bridgehead atoms. The fourth-order valence-electron chi connectivity index (χ4n) is 1.63. The molecular formula is C12H14F3NO2. The van der Waals surface area contributed by atoms with E-state index in [4.69, 9.17) is 4.74 Å². The van der Waals surface area contributed by atoms with Crippen molar-refractivity contribution >= 4 is 5.78 Å². The fraction of sp³-hybridized carbons (Fsp3) is 0.500. The van der Waals surface area contributed by atoms with Crippen LogP contribution in [0.5, 0.6) is 0 Å². The highest BCUT2D eigenvalue weighted by Crippen LogP contribution is 2.32. The first-order valence-corrected chi connectivity index (χ1v) is 5.39. The number of carbonyl (C=O) groups excluding carboxylic acids is 1. The minimum atomic E-state index is -4.54. The van der Waals surface area contributed by atoms with Crippen LogP contribution >= 0.6 is 0 Å². The Labute approximate surface area is 103 Å². The van der Waals surface area contributed by atoms with Gasteiger partial charge in [0.2, 0.25) is 0 Å². The maximum Gasteiger partial charge on any atom is 0.417 e. The van der Waals surface area contributed by atoms with E-state index in [1.807, 2.05) is 0 Å². The van der Waals surface area contributed by atoms with E-state index in [1.165, 1.54) is 7.11 Å². The summed E-state index contributed by atoms with van der Waals surface area (Å²) in [7, 11) is 1.48. The van der Waals surface area contributed by atoms with Gasteiger partial charge in [-0.05, 0) is 12.0 Å². The summed E-state index contributed by atoms with van der Waals surface area (Å²) in [6, 6.07) is 0.814. The minimum Gasteiger partial charge on any atom is -0.384 e. The summed E-state index contributed by atoms with van der Waals surface area (Å²) in [5, 5.41) is 0. The van der Waals surface area contributed by atoms with Gasteiger partial charge in [0.15, 0.2) is 5.78 Å². The molecule has 0 amide bonds. The first kappa shape index (κ1) is 14.6. The molecule has 0 fully saturated rings. The van der Waals surface area contributed by atoms with Gasteiger partial charge >= 0.3 is 6.18 Å². The largest absolute Gasteiger partial charge is 0.417 e. The van der Waals surface area contributed by atoms with Crippen molar-refractivity contribution in [1.29, 1.82) is 0 Å². The molecule has 0 aliphatic heterocycles. The molecule has 0 aliphatic carbocycles. The maximum absolute atomic E-state index is 12.7. The van der Waals surface area contributed by atoms with Gasteiger partial charge < -0.3 is 4.74 Å². The number of hydrogen-bond donors (Lipinski definition) is 0. The average Bonchev–Trinajstić information content (AvgIpc) is 2.28. The molecule has 0 saturated carbocycles. The summed E-state index contributed by atoms with van der Waals surface area (Å²) in [6.45, 7) is 2.07. The highest BCUT2D eigenvalue weighted by molar-refractivity contribution is 5.97. The van der Waals surface area contributed by atoms with E-state index in [2.05, 4.69) is 4.98 Å². The zero-order valence-electron chi connectivity index (χ0n) is 10.1. The smallest absolute Gasteiger partial charge is 0.384 e. The van der Waals surface area contributed by atoms with E-state index in [0.717, 1.165) is 18.5 Å². The minimum absolute atomic E-state index is 0.00259. The average molecular weight is 261 g/mol. The van der Waals surface area contributed by atoms with Crippen molar-refractivity contribution in [2.45, 2.75) is 19.5 Å². The zero-order chi connectivity index (χ0) is 13.8. The lowest BCUT2D eigenvalue weighted by atomic mass is 9.98. The normalized spacial score (nSPS) is 13.4. The van der Waals surface area contributed by atoms with Crippen LogP contribution in [0, 0.1) is 5.92 Å². The molecular weight excluding hydrogens is 247 g/mol. The van der Waals surface area contributed by atoms with Crippen LogP contribution in [0.25, 0.3) is 0 Å². The number of ketones is 1. The topological polar surface area (TPSA) is 39.2 Å².